The Labute approximate surface area is 181 Å². The second-order valence-corrected chi connectivity index (χ2v) is 7.78. The normalized spacial score (nSPS) is 13.3. The summed E-state index contributed by atoms with van der Waals surface area (Å²) in [6.45, 7) is 1.24. The zero-order valence-corrected chi connectivity index (χ0v) is 17.1. The van der Waals surface area contributed by atoms with Gasteiger partial charge in [0.15, 0.2) is 5.69 Å². The second-order valence-electron chi connectivity index (χ2n) is 7.34. The summed E-state index contributed by atoms with van der Waals surface area (Å²) in [5.74, 6) is -0.345. The van der Waals surface area contributed by atoms with Gasteiger partial charge in [-0.3, -0.25) is 14.7 Å². The molecule has 2 amide bonds. The number of H-pyrrole nitrogens is 2. The summed E-state index contributed by atoms with van der Waals surface area (Å²) < 4.78 is 0. The van der Waals surface area contributed by atoms with Crippen LogP contribution in [0.5, 0.6) is 0 Å². The maximum absolute atomic E-state index is 12.9. The number of hydrogen-bond donors (Lipinski definition) is 3. The fourth-order valence-electron chi connectivity index (χ4n) is 3.70. The van der Waals surface area contributed by atoms with Crippen LogP contribution in [0.3, 0.4) is 0 Å². The molecular weight excluding hydrogens is 418 g/mol. The van der Waals surface area contributed by atoms with Gasteiger partial charge in [0.25, 0.3) is 11.8 Å². The lowest BCUT2D eigenvalue weighted by atomic mass is 10.0. The van der Waals surface area contributed by atoms with Crippen LogP contribution in [0, 0.1) is 0 Å². The van der Waals surface area contributed by atoms with Crippen LogP contribution in [0.15, 0.2) is 42.5 Å². The first-order valence-electron chi connectivity index (χ1n) is 9.77. The molecule has 156 valence electrons. The van der Waals surface area contributed by atoms with Gasteiger partial charge in [-0.2, -0.15) is 20.5 Å². The SMILES string of the molecule is O=C(NCc1ccc(Cl)cc1)c1n[nH]c2c1CCN(C(=O)c1ccc3n[nH]nc3c1)C2. The van der Waals surface area contributed by atoms with Gasteiger partial charge < -0.3 is 10.2 Å². The van der Waals surface area contributed by atoms with Crippen molar-refractivity contribution in [3.05, 3.63) is 75.6 Å². The first-order chi connectivity index (χ1) is 15.1. The van der Waals surface area contributed by atoms with Crippen molar-refractivity contribution in [2.75, 3.05) is 6.54 Å². The highest BCUT2D eigenvalue weighted by atomic mass is 35.5. The fraction of sp³-hybridized carbons (Fsp3) is 0.190. The van der Waals surface area contributed by atoms with Crippen LogP contribution >= 0.6 is 11.6 Å². The van der Waals surface area contributed by atoms with Crippen molar-refractivity contribution in [2.24, 2.45) is 0 Å². The fourth-order valence-corrected chi connectivity index (χ4v) is 3.83. The Bertz CT molecular complexity index is 1280. The van der Waals surface area contributed by atoms with Gasteiger partial charge in [0.1, 0.15) is 11.0 Å². The zero-order chi connectivity index (χ0) is 21.4. The third-order valence-corrected chi connectivity index (χ3v) is 5.62. The Hall–Kier alpha value is -3.72. The molecular formula is C21H18ClN7O2. The molecule has 0 bridgehead atoms. The minimum absolute atomic E-state index is 0.0983. The van der Waals surface area contributed by atoms with Crippen LogP contribution in [0.1, 0.15) is 37.7 Å². The average Bonchev–Trinajstić information content (AvgIpc) is 3.44. The predicted octanol–water partition coefficient (Wildman–Crippen LogP) is 2.46. The van der Waals surface area contributed by atoms with Crippen LogP contribution in [-0.2, 0) is 19.5 Å². The van der Waals surface area contributed by atoms with E-state index in [0.717, 1.165) is 16.8 Å². The summed E-state index contributed by atoms with van der Waals surface area (Å²) in [5.41, 5.74) is 4.85. The molecule has 3 heterocycles. The van der Waals surface area contributed by atoms with Crippen LogP contribution < -0.4 is 5.32 Å². The lowest BCUT2D eigenvalue weighted by molar-refractivity contribution is 0.0732. The molecule has 0 radical (unpaired) electrons. The monoisotopic (exact) mass is 435 g/mol. The molecule has 0 spiro atoms. The van der Waals surface area contributed by atoms with E-state index in [2.05, 4.69) is 30.9 Å². The molecule has 0 saturated carbocycles. The number of nitrogens with one attached hydrogen (secondary N) is 3. The van der Waals surface area contributed by atoms with Crippen LogP contribution in [0.25, 0.3) is 11.0 Å². The summed E-state index contributed by atoms with van der Waals surface area (Å²) in [4.78, 5) is 27.3. The van der Waals surface area contributed by atoms with E-state index in [-0.39, 0.29) is 11.8 Å². The molecule has 0 fully saturated rings. The van der Waals surface area contributed by atoms with Gasteiger partial charge in [-0.05, 0) is 42.3 Å². The smallest absolute Gasteiger partial charge is 0.272 e. The number of carbonyl (C=O) groups excluding carboxylic acids is 2. The maximum Gasteiger partial charge on any atom is 0.272 e. The highest BCUT2D eigenvalue weighted by molar-refractivity contribution is 6.30. The van der Waals surface area contributed by atoms with E-state index in [1.54, 1.807) is 35.2 Å². The van der Waals surface area contributed by atoms with Crippen molar-refractivity contribution in [3.8, 4) is 0 Å². The molecule has 4 aromatic rings. The predicted molar refractivity (Wildman–Crippen MR) is 114 cm³/mol. The number of nitrogens with zero attached hydrogens (tertiary/aromatic N) is 4. The molecule has 10 heteroatoms. The van der Waals surface area contributed by atoms with Crippen LogP contribution in [0.4, 0.5) is 0 Å². The van der Waals surface area contributed by atoms with E-state index < -0.39 is 0 Å². The Morgan fingerprint density at radius 2 is 1.87 bits per heavy atom. The summed E-state index contributed by atoms with van der Waals surface area (Å²) in [7, 11) is 0. The minimum atomic E-state index is -0.247. The molecule has 0 atom stereocenters. The van der Waals surface area contributed by atoms with E-state index in [1.807, 2.05) is 12.1 Å². The topological polar surface area (TPSA) is 120 Å². The van der Waals surface area contributed by atoms with Gasteiger partial charge in [0, 0.05) is 29.2 Å². The minimum Gasteiger partial charge on any atom is -0.347 e. The summed E-state index contributed by atoms with van der Waals surface area (Å²) in [6.07, 6.45) is 0.549. The number of aromatic amines is 2. The maximum atomic E-state index is 12.9. The summed E-state index contributed by atoms with van der Waals surface area (Å²) in [6, 6.07) is 12.5. The van der Waals surface area contributed by atoms with Crippen molar-refractivity contribution < 1.29 is 9.59 Å². The van der Waals surface area contributed by atoms with E-state index >= 15 is 0 Å². The molecule has 5 rings (SSSR count). The first-order valence-corrected chi connectivity index (χ1v) is 10.1. The number of amides is 2. The number of fused-ring (bicyclic) bond motifs is 2. The standard InChI is InChI=1S/C21H18ClN7O2/c22-14-4-1-12(2-5-14)10-23-20(30)19-15-7-8-29(11-18(15)24-27-19)21(31)13-3-6-16-17(9-13)26-28-25-16/h1-6,9H,7-8,10-11H2,(H,23,30)(H,24,27)(H,25,26,28). The Morgan fingerprint density at radius 1 is 1.06 bits per heavy atom. The quantitative estimate of drug-likeness (QED) is 0.455. The number of benzene rings is 2. The van der Waals surface area contributed by atoms with Crippen molar-refractivity contribution in [3.63, 3.8) is 0 Å². The van der Waals surface area contributed by atoms with Gasteiger partial charge in [0.2, 0.25) is 0 Å². The molecule has 1 aliphatic heterocycles. The number of carbonyl (C=O) groups is 2. The Morgan fingerprint density at radius 3 is 2.71 bits per heavy atom. The van der Waals surface area contributed by atoms with E-state index in [1.165, 1.54) is 0 Å². The summed E-state index contributed by atoms with van der Waals surface area (Å²) >= 11 is 5.89. The lowest BCUT2D eigenvalue weighted by Gasteiger charge is -2.27. The van der Waals surface area contributed by atoms with Crippen molar-refractivity contribution in [1.29, 1.82) is 0 Å². The number of rotatable bonds is 4. The van der Waals surface area contributed by atoms with Crippen molar-refractivity contribution >= 4 is 34.4 Å². The van der Waals surface area contributed by atoms with E-state index in [0.29, 0.717) is 53.4 Å². The zero-order valence-electron chi connectivity index (χ0n) is 16.4. The number of halogens is 1. The van der Waals surface area contributed by atoms with Gasteiger partial charge in [-0.1, -0.05) is 23.7 Å². The van der Waals surface area contributed by atoms with Crippen molar-refractivity contribution in [1.82, 2.24) is 35.8 Å². The number of aromatic nitrogens is 5. The van der Waals surface area contributed by atoms with Crippen LogP contribution in [0.2, 0.25) is 5.02 Å². The Balaban J connectivity index is 1.27. The van der Waals surface area contributed by atoms with E-state index in [4.69, 9.17) is 11.6 Å². The molecule has 9 nitrogen and oxygen atoms in total. The molecule has 31 heavy (non-hydrogen) atoms. The van der Waals surface area contributed by atoms with Gasteiger partial charge in [0.05, 0.1) is 12.2 Å². The van der Waals surface area contributed by atoms with Gasteiger partial charge >= 0.3 is 0 Å². The molecule has 0 saturated heterocycles. The molecule has 3 N–H and O–H groups in total. The molecule has 1 aliphatic rings. The molecule has 0 unspecified atom stereocenters. The highest BCUT2D eigenvalue weighted by Gasteiger charge is 2.28. The van der Waals surface area contributed by atoms with E-state index in [9.17, 15) is 9.59 Å². The average molecular weight is 436 g/mol. The molecule has 0 aliphatic carbocycles. The first kappa shape index (κ1) is 19.3. The Kier molecular flexibility index (Phi) is 4.87. The second kappa shape index (κ2) is 7.84. The van der Waals surface area contributed by atoms with Crippen molar-refractivity contribution in [2.45, 2.75) is 19.5 Å². The van der Waals surface area contributed by atoms with Gasteiger partial charge in [-0.25, -0.2) is 0 Å². The lowest BCUT2D eigenvalue weighted by Crippen LogP contribution is -2.36. The van der Waals surface area contributed by atoms with Gasteiger partial charge in [-0.15, -0.1) is 0 Å². The molecule has 2 aromatic heterocycles. The third-order valence-electron chi connectivity index (χ3n) is 5.37. The van der Waals surface area contributed by atoms with Crippen LogP contribution in [-0.4, -0.2) is 48.9 Å². The third kappa shape index (κ3) is 3.75. The summed E-state index contributed by atoms with van der Waals surface area (Å²) in [5, 5.41) is 21.3. The highest BCUT2D eigenvalue weighted by Crippen LogP contribution is 2.22. The number of hydrogen-bond acceptors (Lipinski definition) is 5. The largest absolute Gasteiger partial charge is 0.347 e. The molecule has 2 aromatic carbocycles.